The fourth-order valence-electron chi connectivity index (χ4n) is 2.95. The zero-order valence-corrected chi connectivity index (χ0v) is 13.6. The lowest BCUT2D eigenvalue weighted by molar-refractivity contribution is -0.157. The number of fused-ring (bicyclic) bond motifs is 1. The molecule has 2 fully saturated rings. The van der Waals surface area contributed by atoms with E-state index < -0.39 is 0 Å². The van der Waals surface area contributed by atoms with Gasteiger partial charge in [0.1, 0.15) is 6.04 Å². The Morgan fingerprint density at radius 3 is 2.90 bits per heavy atom. The van der Waals surface area contributed by atoms with Crippen LogP contribution in [0.25, 0.3) is 0 Å². The summed E-state index contributed by atoms with van der Waals surface area (Å²) in [5.74, 6) is 0.251. The molecule has 108 valence electrons. The van der Waals surface area contributed by atoms with Crippen LogP contribution in [0, 0.1) is 0 Å². The topological polar surface area (TPSA) is 40.6 Å². The Balaban J connectivity index is 1.64. The monoisotopic (exact) mass is 356 g/mol. The van der Waals surface area contributed by atoms with Crippen molar-refractivity contribution in [1.82, 2.24) is 9.80 Å². The summed E-state index contributed by atoms with van der Waals surface area (Å²) in [6, 6.07) is 3.89. The van der Waals surface area contributed by atoms with E-state index in [-0.39, 0.29) is 24.4 Å². The SMILES string of the molecule is O=C1C2CCCCN2C(=O)CN1CCc1ccc(Br)s1. The minimum atomic E-state index is -0.194. The van der Waals surface area contributed by atoms with Gasteiger partial charge < -0.3 is 9.80 Å². The standard InChI is InChI=1S/C14H17BrN2O2S/c15-12-5-4-10(20-12)6-8-16-9-13(18)17-7-2-1-3-11(17)14(16)19/h4-5,11H,1-3,6-9H2. The van der Waals surface area contributed by atoms with Gasteiger partial charge in [0.15, 0.2) is 0 Å². The summed E-state index contributed by atoms with van der Waals surface area (Å²) in [5, 5.41) is 0. The number of halogens is 1. The number of hydrogen-bond acceptors (Lipinski definition) is 3. The molecule has 2 aliphatic heterocycles. The molecule has 0 aromatic carbocycles. The second kappa shape index (κ2) is 5.85. The van der Waals surface area contributed by atoms with Crippen molar-refractivity contribution in [3.05, 3.63) is 20.8 Å². The molecule has 2 aliphatic rings. The highest BCUT2D eigenvalue weighted by Gasteiger charge is 2.39. The van der Waals surface area contributed by atoms with Crippen LogP contribution < -0.4 is 0 Å². The van der Waals surface area contributed by atoms with Crippen molar-refractivity contribution in [2.75, 3.05) is 19.6 Å². The normalized spacial score (nSPS) is 23.1. The summed E-state index contributed by atoms with van der Waals surface area (Å²) in [6.45, 7) is 1.64. The van der Waals surface area contributed by atoms with Crippen molar-refractivity contribution in [3.8, 4) is 0 Å². The van der Waals surface area contributed by atoms with E-state index in [1.807, 2.05) is 6.07 Å². The van der Waals surface area contributed by atoms with E-state index in [9.17, 15) is 9.59 Å². The maximum absolute atomic E-state index is 12.5. The fourth-order valence-corrected chi connectivity index (χ4v) is 4.42. The lowest BCUT2D eigenvalue weighted by Gasteiger charge is -2.42. The van der Waals surface area contributed by atoms with Crippen LogP contribution in [0.4, 0.5) is 0 Å². The molecule has 0 spiro atoms. The Hall–Kier alpha value is -0.880. The molecular formula is C14H17BrN2O2S. The van der Waals surface area contributed by atoms with E-state index in [0.29, 0.717) is 6.54 Å². The molecule has 6 heteroatoms. The second-order valence-electron chi connectivity index (χ2n) is 5.31. The summed E-state index contributed by atoms with van der Waals surface area (Å²) in [7, 11) is 0. The molecule has 0 N–H and O–H groups in total. The van der Waals surface area contributed by atoms with Gasteiger partial charge in [0.25, 0.3) is 0 Å². The first-order valence-electron chi connectivity index (χ1n) is 6.97. The number of carbonyl (C=O) groups is 2. The first-order valence-corrected chi connectivity index (χ1v) is 8.58. The third kappa shape index (κ3) is 2.76. The maximum atomic E-state index is 12.5. The van der Waals surface area contributed by atoms with Crippen LogP contribution in [-0.4, -0.2) is 47.3 Å². The third-order valence-corrected chi connectivity index (χ3v) is 5.69. The minimum Gasteiger partial charge on any atom is -0.331 e. The number of thiophene rings is 1. The molecule has 20 heavy (non-hydrogen) atoms. The summed E-state index contributed by atoms with van der Waals surface area (Å²) in [4.78, 5) is 29.3. The third-order valence-electron chi connectivity index (χ3n) is 4.00. The number of rotatable bonds is 3. The molecule has 1 aromatic rings. The van der Waals surface area contributed by atoms with Gasteiger partial charge in [0, 0.05) is 18.0 Å². The van der Waals surface area contributed by atoms with Crippen molar-refractivity contribution < 1.29 is 9.59 Å². The largest absolute Gasteiger partial charge is 0.331 e. The molecule has 2 saturated heterocycles. The zero-order chi connectivity index (χ0) is 14.1. The molecule has 1 aromatic heterocycles. The molecule has 0 aliphatic carbocycles. The zero-order valence-electron chi connectivity index (χ0n) is 11.2. The van der Waals surface area contributed by atoms with E-state index in [1.54, 1.807) is 21.1 Å². The van der Waals surface area contributed by atoms with E-state index in [1.165, 1.54) is 4.88 Å². The Morgan fingerprint density at radius 1 is 1.30 bits per heavy atom. The number of nitrogens with zero attached hydrogens (tertiary/aromatic N) is 2. The second-order valence-corrected chi connectivity index (χ2v) is 7.86. The van der Waals surface area contributed by atoms with E-state index in [4.69, 9.17) is 0 Å². The van der Waals surface area contributed by atoms with E-state index in [0.717, 1.165) is 36.0 Å². The van der Waals surface area contributed by atoms with Crippen molar-refractivity contribution in [1.29, 1.82) is 0 Å². The lowest BCUT2D eigenvalue weighted by atomic mass is 9.98. The molecule has 0 saturated carbocycles. The number of hydrogen-bond donors (Lipinski definition) is 0. The van der Waals surface area contributed by atoms with Gasteiger partial charge in [0.05, 0.1) is 10.3 Å². The lowest BCUT2D eigenvalue weighted by Crippen LogP contribution is -2.61. The van der Waals surface area contributed by atoms with Gasteiger partial charge in [-0.3, -0.25) is 9.59 Å². The van der Waals surface area contributed by atoms with Crippen LogP contribution >= 0.6 is 27.3 Å². The Morgan fingerprint density at radius 2 is 2.15 bits per heavy atom. The van der Waals surface area contributed by atoms with Crippen molar-refractivity contribution in [2.24, 2.45) is 0 Å². The van der Waals surface area contributed by atoms with Gasteiger partial charge >= 0.3 is 0 Å². The van der Waals surface area contributed by atoms with Crippen molar-refractivity contribution >= 4 is 39.1 Å². The number of amides is 2. The van der Waals surface area contributed by atoms with Crippen LogP contribution in [-0.2, 0) is 16.0 Å². The van der Waals surface area contributed by atoms with Gasteiger partial charge in [-0.05, 0) is 53.7 Å². The van der Waals surface area contributed by atoms with E-state index >= 15 is 0 Å². The van der Waals surface area contributed by atoms with Gasteiger partial charge in [-0.2, -0.15) is 0 Å². The molecule has 3 heterocycles. The Kier molecular flexibility index (Phi) is 4.12. The molecular weight excluding hydrogens is 340 g/mol. The van der Waals surface area contributed by atoms with Gasteiger partial charge in [-0.15, -0.1) is 11.3 Å². The molecule has 3 rings (SSSR count). The van der Waals surface area contributed by atoms with Crippen LogP contribution in [0.15, 0.2) is 15.9 Å². The predicted molar refractivity (Wildman–Crippen MR) is 81.7 cm³/mol. The highest BCUT2D eigenvalue weighted by atomic mass is 79.9. The van der Waals surface area contributed by atoms with Crippen LogP contribution in [0.1, 0.15) is 24.1 Å². The number of piperidine rings is 1. The van der Waals surface area contributed by atoms with E-state index in [2.05, 4.69) is 22.0 Å². The molecule has 0 radical (unpaired) electrons. The number of piperazine rings is 1. The van der Waals surface area contributed by atoms with Crippen molar-refractivity contribution in [3.63, 3.8) is 0 Å². The first-order chi connectivity index (χ1) is 9.65. The smallest absolute Gasteiger partial charge is 0.245 e. The fraction of sp³-hybridized carbons (Fsp3) is 0.571. The minimum absolute atomic E-state index is 0.113. The predicted octanol–water partition coefficient (Wildman–Crippen LogP) is 2.28. The average molecular weight is 357 g/mol. The van der Waals surface area contributed by atoms with Crippen LogP contribution in [0.3, 0.4) is 0 Å². The Bertz CT molecular complexity index is 531. The summed E-state index contributed by atoms with van der Waals surface area (Å²) in [6.07, 6.45) is 3.72. The summed E-state index contributed by atoms with van der Waals surface area (Å²) < 4.78 is 1.10. The van der Waals surface area contributed by atoms with Gasteiger partial charge in [-0.1, -0.05) is 0 Å². The summed E-state index contributed by atoms with van der Waals surface area (Å²) >= 11 is 5.13. The van der Waals surface area contributed by atoms with Gasteiger partial charge in [-0.25, -0.2) is 0 Å². The molecule has 1 unspecified atom stereocenters. The quantitative estimate of drug-likeness (QED) is 0.833. The highest BCUT2D eigenvalue weighted by Crippen LogP contribution is 2.25. The molecule has 2 amide bonds. The maximum Gasteiger partial charge on any atom is 0.245 e. The number of carbonyl (C=O) groups excluding carboxylic acids is 2. The molecule has 0 bridgehead atoms. The summed E-state index contributed by atoms with van der Waals surface area (Å²) in [5.41, 5.74) is 0. The van der Waals surface area contributed by atoms with Crippen LogP contribution in [0.5, 0.6) is 0 Å². The first kappa shape index (κ1) is 14.1. The van der Waals surface area contributed by atoms with Crippen LogP contribution in [0.2, 0.25) is 0 Å². The highest BCUT2D eigenvalue weighted by molar-refractivity contribution is 9.11. The Labute approximate surface area is 130 Å². The molecule has 4 nitrogen and oxygen atoms in total. The average Bonchev–Trinajstić information content (AvgIpc) is 2.87. The van der Waals surface area contributed by atoms with Gasteiger partial charge in [0.2, 0.25) is 11.8 Å². The van der Waals surface area contributed by atoms with Crippen molar-refractivity contribution in [2.45, 2.75) is 31.7 Å². The molecule has 1 atom stereocenters.